The second-order valence-electron chi connectivity index (χ2n) is 3.25. The summed E-state index contributed by atoms with van der Waals surface area (Å²) in [6.07, 6.45) is 0.853. The molecule has 8 nitrogen and oxygen atoms in total. The predicted octanol–water partition coefficient (Wildman–Crippen LogP) is -1.24. The van der Waals surface area contributed by atoms with E-state index in [-0.39, 0.29) is 24.0 Å². The second-order valence-corrected chi connectivity index (χ2v) is 3.25. The van der Waals surface area contributed by atoms with Crippen LogP contribution in [0.3, 0.4) is 0 Å². The van der Waals surface area contributed by atoms with Crippen molar-refractivity contribution in [2.45, 2.75) is 12.8 Å². The maximum absolute atomic E-state index is 10.7. The first-order valence-corrected chi connectivity index (χ1v) is 4.70. The lowest BCUT2D eigenvalue weighted by molar-refractivity contribution is -0.134. The Morgan fingerprint density at radius 2 is 1.06 bits per heavy atom. The van der Waals surface area contributed by atoms with Crippen LogP contribution in [0.1, 0.15) is 12.8 Å². The zero-order valence-corrected chi connectivity index (χ0v) is 9.25. The molecule has 0 aromatic heterocycles. The summed E-state index contributed by atoms with van der Waals surface area (Å²) < 4.78 is 0. The summed E-state index contributed by atoms with van der Waals surface area (Å²) in [5, 5.41) is 17.4. The summed E-state index contributed by atoms with van der Waals surface area (Å²) in [6, 6.07) is 0. The van der Waals surface area contributed by atoms with E-state index in [0.29, 0.717) is 12.2 Å². The predicted molar refractivity (Wildman–Crippen MR) is 59.1 cm³/mol. The molecule has 0 bridgehead atoms. The maximum atomic E-state index is 10.7. The number of hydrogen-bond acceptors (Lipinski definition) is 4. The first-order chi connectivity index (χ1) is 8.23. The van der Waals surface area contributed by atoms with Gasteiger partial charge >= 0.3 is 11.9 Å². The van der Waals surface area contributed by atoms with Crippen LogP contribution in [0.4, 0.5) is 0 Å². The number of primary amides is 2. The molecular formula is C10H12N2O6. The van der Waals surface area contributed by atoms with Crippen LogP contribution < -0.4 is 11.5 Å². The van der Waals surface area contributed by atoms with Crippen LogP contribution in [0.5, 0.6) is 0 Å². The van der Waals surface area contributed by atoms with Crippen LogP contribution in [-0.4, -0.2) is 34.0 Å². The van der Waals surface area contributed by atoms with Crippen molar-refractivity contribution in [3.05, 3.63) is 23.3 Å². The third-order valence-corrected chi connectivity index (χ3v) is 1.85. The Morgan fingerprint density at radius 3 is 1.22 bits per heavy atom. The Labute approximate surface area is 102 Å². The van der Waals surface area contributed by atoms with Crippen LogP contribution in [0, 0.1) is 0 Å². The van der Waals surface area contributed by atoms with Crippen LogP contribution in [0.25, 0.3) is 0 Å². The fourth-order valence-electron chi connectivity index (χ4n) is 1.09. The zero-order chi connectivity index (χ0) is 14.3. The minimum Gasteiger partial charge on any atom is -0.478 e. The molecule has 0 aromatic carbocycles. The monoisotopic (exact) mass is 256 g/mol. The lowest BCUT2D eigenvalue weighted by Gasteiger charge is -2.03. The molecule has 0 saturated carbocycles. The van der Waals surface area contributed by atoms with E-state index >= 15 is 0 Å². The molecule has 0 unspecified atom stereocenters. The van der Waals surface area contributed by atoms with Gasteiger partial charge in [-0.2, -0.15) is 0 Å². The number of aliphatic carboxylic acids is 2. The average Bonchev–Trinajstić information content (AvgIpc) is 2.20. The van der Waals surface area contributed by atoms with Gasteiger partial charge in [0, 0.05) is 23.3 Å². The van der Waals surface area contributed by atoms with E-state index in [1.807, 2.05) is 0 Å². The van der Waals surface area contributed by atoms with E-state index in [4.69, 9.17) is 21.7 Å². The second kappa shape index (κ2) is 6.84. The van der Waals surface area contributed by atoms with Crippen LogP contribution in [-0.2, 0) is 19.2 Å². The summed E-state index contributed by atoms with van der Waals surface area (Å²) in [5.74, 6) is -4.69. The summed E-state index contributed by atoms with van der Waals surface area (Å²) in [4.78, 5) is 42.5. The third kappa shape index (κ3) is 6.05. The van der Waals surface area contributed by atoms with Crippen molar-refractivity contribution < 1.29 is 29.4 Å². The number of carboxylic acid groups (broad SMARTS) is 2. The van der Waals surface area contributed by atoms with Gasteiger partial charge in [-0.15, -0.1) is 0 Å². The third-order valence-electron chi connectivity index (χ3n) is 1.85. The van der Waals surface area contributed by atoms with Crippen molar-refractivity contribution in [1.29, 1.82) is 0 Å². The largest absolute Gasteiger partial charge is 0.478 e. The number of carbonyl (C=O) groups excluding carboxylic acids is 2. The van der Waals surface area contributed by atoms with Crippen molar-refractivity contribution in [2.75, 3.05) is 0 Å². The van der Waals surface area contributed by atoms with Crippen LogP contribution >= 0.6 is 0 Å². The highest BCUT2D eigenvalue weighted by Crippen LogP contribution is 2.12. The fraction of sp³-hybridized carbons (Fsp3) is 0.200. The molecule has 98 valence electrons. The minimum atomic E-state index is -1.39. The standard InChI is InChI=1S/C10H12N2O6/c11-7(13)3-5(9(15)16)1-2-6(10(17)18)4-8(12)14/h3-4H,1-2H2,(H2,11,13)(H2,12,14)(H,15,16)(H,17,18). The van der Waals surface area contributed by atoms with Crippen molar-refractivity contribution >= 4 is 23.8 Å². The van der Waals surface area contributed by atoms with Gasteiger partial charge in [0.05, 0.1) is 0 Å². The number of hydrogen-bond donors (Lipinski definition) is 4. The number of carboxylic acids is 2. The Kier molecular flexibility index (Phi) is 5.84. The molecule has 2 amide bonds. The molecule has 0 aliphatic carbocycles. The number of nitrogens with two attached hydrogens (primary N) is 2. The van der Waals surface area contributed by atoms with Gasteiger partial charge in [0.15, 0.2) is 0 Å². The molecule has 18 heavy (non-hydrogen) atoms. The average molecular weight is 256 g/mol. The van der Waals surface area contributed by atoms with Gasteiger partial charge in [-0.3, -0.25) is 9.59 Å². The Balaban J connectivity index is 4.89. The van der Waals surface area contributed by atoms with Crippen molar-refractivity contribution in [3.63, 3.8) is 0 Å². The summed E-state index contributed by atoms with van der Waals surface area (Å²) in [7, 11) is 0. The maximum Gasteiger partial charge on any atom is 0.331 e. The van der Waals surface area contributed by atoms with Crippen molar-refractivity contribution in [2.24, 2.45) is 11.5 Å². The molecule has 0 heterocycles. The molecular weight excluding hydrogens is 244 g/mol. The summed E-state index contributed by atoms with van der Waals surface area (Å²) in [6.45, 7) is 0. The molecule has 8 heteroatoms. The fourth-order valence-corrected chi connectivity index (χ4v) is 1.09. The lowest BCUT2D eigenvalue weighted by atomic mass is 10.0. The normalized spacial score (nSPS) is 12.0. The molecule has 0 radical (unpaired) electrons. The molecule has 0 aromatic rings. The van der Waals surface area contributed by atoms with Crippen LogP contribution in [0.2, 0.25) is 0 Å². The molecule has 0 fully saturated rings. The molecule has 0 atom stereocenters. The first kappa shape index (κ1) is 15.4. The molecule has 6 N–H and O–H groups in total. The molecule has 0 saturated heterocycles. The number of carbonyl (C=O) groups is 4. The van der Waals surface area contributed by atoms with E-state index in [1.54, 1.807) is 0 Å². The van der Waals surface area contributed by atoms with Gasteiger partial charge in [0.2, 0.25) is 11.8 Å². The summed E-state index contributed by atoms with van der Waals surface area (Å²) >= 11 is 0. The molecule has 0 rings (SSSR count). The van der Waals surface area contributed by atoms with Crippen molar-refractivity contribution in [3.8, 4) is 0 Å². The first-order valence-electron chi connectivity index (χ1n) is 4.70. The smallest absolute Gasteiger partial charge is 0.331 e. The quantitative estimate of drug-likeness (QED) is 0.416. The Hall–Kier alpha value is -2.64. The highest BCUT2D eigenvalue weighted by atomic mass is 16.4. The van der Waals surface area contributed by atoms with Gasteiger partial charge in [-0.05, 0) is 12.8 Å². The lowest BCUT2D eigenvalue weighted by Crippen LogP contribution is -2.13. The molecule has 0 aliphatic rings. The highest BCUT2D eigenvalue weighted by molar-refractivity contribution is 5.98. The van der Waals surface area contributed by atoms with Gasteiger partial charge in [0.25, 0.3) is 0 Å². The van der Waals surface area contributed by atoms with Gasteiger partial charge in [-0.25, -0.2) is 9.59 Å². The van der Waals surface area contributed by atoms with E-state index in [1.165, 1.54) is 0 Å². The van der Waals surface area contributed by atoms with E-state index in [9.17, 15) is 19.2 Å². The Morgan fingerprint density at radius 1 is 0.778 bits per heavy atom. The Bertz CT molecular complexity index is 407. The summed E-state index contributed by atoms with van der Waals surface area (Å²) in [5.41, 5.74) is 8.89. The SMILES string of the molecule is NC(=O)C=C(CCC(=CC(N)=O)C(=O)O)C(=O)O. The topological polar surface area (TPSA) is 161 Å². The van der Waals surface area contributed by atoms with Crippen molar-refractivity contribution in [1.82, 2.24) is 0 Å². The van der Waals surface area contributed by atoms with E-state index < -0.39 is 23.8 Å². The molecule has 0 aliphatic heterocycles. The van der Waals surface area contributed by atoms with Crippen LogP contribution in [0.15, 0.2) is 23.3 Å². The van der Waals surface area contributed by atoms with Gasteiger partial charge in [0.1, 0.15) is 0 Å². The minimum absolute atomic E-state index is 0.260. The van der Waals surface area contributed by atoms with Gasteiger partial charge in [-0.1, -0.05) is 0 Å². The molecule has 0 spiro atoms. The zero-order valence-electron chi connectivity index (χ0n) is 9.25. The highest BCUT2D eigenvalue weighted by Gasteiger charge is 2.14. The number of rotatable bonds is 7. The van der Waals surface area contributed by atoms with E-state index in [0.717, 1.165) is 0 Å². The number of amides is 2. The van der Waals surface area contributed by atoms with E-state index in [2.05, 4.69) is 0 Å². The van der Waals surface area contributed by atoms with Gasteiger partial charge < -0.3 is 21.7 Å².